The second-order valence-electron chi connectivity index (χ2n) is 5.70. The van der Waals surface area contributed by atoms with Gasteiger partial charge in [0.05, 0.1) is 13.2 Å². The fourth-order valence-corrected chi connectivity index (χ4v) is 2.56. The van der Waals surface area contributed by atoms with E-state index in [1.54, 1.807) is 0 Å². The summed E-state index contributed by atoms with van der Waals surface area (Å²) in [5, 5.41) is 20.4. The van der Waals surface area contributed by atoms with Crippen molar-refractivity contribution in [3.05, 3.63) is 35.9 Å². The lowest BCUT2D eigenvalue weighted by Gasteiger charge is -2.41. The van der Waals surface area contributed by atoms with E-state index in [1.165, 1.54) is 0 Å². The van der Waals surface area contributed by atoms with Crippen molar-refractivity contribution >= 4 is 11.9 Å². The van der Waals surface area contributed by atoms with Gasteiger partial charge in [-0.25, -0.2) is 0 Å². The SMILES string of the molecule is CC(=O)O[C@@H]1[C@@H](OC(C)=O)[C@@H](O)[C@@H](COCc2ccccc2)O[C@H]1O. The smallest absolute Gasteiger partial charge is 0.303 e. The molecule has 2 rings (SSSR count). The topological polar surface area (TPSA) is 112 Å². The summed E-state index contributed by atoms with van der Waals surface area (Å²) in [5.41, 5.74) is 0.933. The first-order valence-corrected chi connectivity index (χ1v) is 7.86. The molecule has 0 spiro atoms. The van der Waals surface area contributed by atoms with E-state index in [0.29, 0.717) is 0 Å². The van der Waals surface area contributed by atoms with Crippen LogP contribution in [0.3, 0.4) is 0 Å². The summed E-state index contributed by atoms with van der Waals surface area (Å²) >= 11 is 0. The Balaban J connectivity index is 1.99. The summed E-state index contributed by atoms with van der Waals surface area (Å²) in [6.45, 7) is 2.53. The van der Waals surface area contributed by atoms with Crippen LogP contribution in [0.5, 0.6) is 0 Å². The Bertz CT molecular complexity index is 575. The monoisotopic (exact) mass is 354 g/mol. The van der Waals surface area contributed by atoms with Crippen LogP contribution >= 0.6 is 0 Å². The Morgan fingerprint density at radius 3 is 2.24 bits per heavy atom. The van der Waals surface area contributed by atoms with Crippen molar-refractivity contribution in [2.75, 3.05) is 6.61 Å². The number of carbonyl (C=O) groups excluding carboxylic acids is 2. The predicted octanol–water partition coefficient (Wildman–Crippen LogP) is 0.145. The highest BCUT2D eigenvalue weighted by Gasteiger charge is 2.48. The average Bonchev–Trinajstić information content (AvgIpc) is 2.55. The molecule has 138 valence electrons. The highest BCUT2D eigenvalue weighted by atomic mass is 16.7. The molecule has 8 heteroatoms. The van der Waals surface area contributed by atoms with Crippen molar-refractivity contribution in [3.8, 4) is 0 Å². The molecule has 25 heavy (non-hydrogen) atoms. The van der Waals surface area contributed by atoms with Gasteiger partial charge in [0, 0.05) is 13.8 Å². The zero-order chi connectivity index (χ0) is 18.4. The maximum absolute atomic E-state index is 11.3. The van der Waals surface area contributed by atoms with E-state index in [4.69, 9.17) is 18.9 Å². The second-order valence-corrected chi connectivity index (χ2v) is 5.70. The van der Waals surface area contributed by atoms with E-state index >= 15 is 0 Å². The normalized spacial score (nSPS) is 29.0. The third kappa shape index (κ3) is 5.50. The van der Waals surface area contributed by atoms with Crippen LogP contribution in [-0.2, 0) is 35.1 Å². The largest absolute Gasteiger partial charge is 0.455 e. The van der Waals surface area contributed by atoms with Gasteiger partial charge in [-0.1, -0.05) is 30.3 Å². The fourth-order valence-electron chi connectivity index (χ4n) is 2.56. The summed E-state index contributed by atoms with van der Waals surface area (Å²) in [7, 11) is 0. The Hall–Kier alpha value is -2.00. The summed E-state index contributed by atoms with van der Waals surface area (Å²) in [6.07, 6.45) is -6.40. The molecule has 1 aromatic carbocycles. The van der Waals surface area contributed by atoms with E-state index in [0.717, 1.165) is 19.4 Å². The number of carbonyl (C=O) groups is 2. The van der Waals surface area contributed by atoms with Crippen LogP contribution in [-0.4, -0.2) is 59.5 Å². The van der Waals surface area contributed by atoms with Gasteiger partial charge in [-0.2, -0.15) is 0 Å². The third-order valence-electron chi connectivity index (χ3n) is 3.63. The molecule has 0 aromatic heterocycles. The first-order chi connectivity index (χ1) is 11.9. The van der Waals surface area contributed by atoms with Crippen molar-refractivity contribution < 1.29 is 38.7 Å². The molecule has 8 nitrogen and oxygen atoms in total. The van der Waals surface area contributed by atoms with E-state index in [1.807, 2.05) is 30.3 Å². The van der Waals surface area contributed by atoms with Gasteiger partial charge in [0.25, 0.3) is 0 Å². The van der Waals surface area contributed by atoms with Crippen molar-refractivity contribution in [2.45, 2.75) is 51.2 Å². The number of hydrogen-bond donors (Lipinski definition) is 2. The second kappa shape index (κ2) is 8.91. The van der Waals surface area contributed by atoms with Crippen LogP contribution in [0.2, 0.25) is 0 Å². The molecule has 1 heterocycles. The standard InChI is InChI=1S/C17H22O8/c1-10(18)23-15-14(20)13(25-17(21)16(15)24-11(2)19)9-22-8-12-6-4-3-5-7-12/h3-7,13-17,20-21H,8-9H2,1-2H3/t13-,14+,15+,16-,17-/m1/s1. The van der Waals surface area contributed by atoms with Gasteiger partial charge >= 0.3 is 11.9 Å². The average molecular weight is 354 g/mol. The van der Waals surface area contributed by atoms with Gasteiger partial charge in [-0.05, 0) is 5.56 Å². The molecule has 1 saturated heterocycles. The molecule has 5 atom stereocenters. The van der Waals surface area contributed by atoms with Crippen LogP contribution in [0.25, 0.3) is 0 Å². The number of rotatable bonds is 6. The number of aliphatic hydroxyl groups is 2. The highest BCUT2D eigenvalue weighted by Crippen LogP contribution is 2.25. The predicted molar refractivity (Wildman–Crippen MR) is 84.1 cm³/mol. The van der Waals surface area contributed by atoms with Crippen LogP contribution in [0.1, 0.15) is 19.4 Å². The molecule has 0 unspecified atom stereocenters. The number of ether oxygens (including phenoxy) is 4. The van der Waals surface area contributed by atoms with E-state index in [2.05, 4.69) is 0 Å². The highest BCUT2D eigenvalue weighted by molar-refractivity contribution is 5.67. The molecule has 0 radical (unpaired) electrons. The first-order valence-electron chi connectivity index (χ1n) is 7.86. The number of esters is 2. The number of aliphatic hydroxyl groups excluding tert-OH is 2. The Morgan fingerprint density at radius 1 is 1.04 bits per heavy atom. The van der Waals surface area contributed by atoms with Crippen molar-refractivity contribution in [3.63, 3.8) is 0 Å². The maximum atomic E-state index is 11.3. The molecule has 2 N–H and O–H groups in total. The summed E-state index contributed by atoms with van der Waals surface area (Å²) in [5.74, 6) is -1.38. The molecular weight excluding hydrogens is 332 g/mol. The molecule has 1 aliphatic rings. The van der Waals surface area contributed by atoms with E-state index in [9.17, 15) is 19.8 Å². The van der Waals surface area contributed by atoms with E-state index in [-0.39, 0.29) is 13.2 Å². The molecule has 1 aromatic rings. The van der Waals surface area contributed by atoms with Gasteiger partial charge in [0.15, 0.2) is 18.5 Å². The van der Waals surface area contributed by atoms with Gasteiger partial charge < -0.3 is 29.2 Å². The molecule has 0 saturated carbocycles. The van der Waals surface area contributed by atoms with Crippen molar-refractivity contribution in [2.24, 2.45) is 0 Å². The quantitative estimate of drug-likeness (QED) is 0.694. The Morgan fingerprint density at radius 2 is 1.64 bits per heavy atom. The van der Waals surface area contributed by atoms with Crippen LogP contribution in [0.4, 0.5) is 0 Å². The van der Waals surface area contributed by atoms with Crippen molar-refractivity contribution in [1.82, 2.24) is 0 Å². The first kappa shape index (κ1) is 19.3. The Kier molecular flexibility index (Phi) is 6.89. The number of benzene rings is 1. The molecule has 0 amide bonds. The van der Waals surface area contributed by atoms with Crippen molar-refractivity contribution in [1.29, 1.82) is 0 Å². The minimum absolute atomic E-state index is 0.0440. The zero-order valence-corrected chi connectivity index (χ0v) is 14.0. The molecule has 0 aliphatic carbocycles. The summed E-state index contributed by atoms with van der Waals surface area (Å²) < 4.78 is 20.7. The van der Waals surface area contributed by atoms with Crippen LogP contribution < -0.4 is 0 Å². The van der Waals surface area contributed by atoms with Gasteiger partial charge in [-0.15, -0.1) is 0 Å². The lowest BCUT2D eigenvalue weighted by Crippen LogP contribution is -2.61. The molecular formula is C17H22O8. The third-order valence-corrected chi connectivity index (χ3v) is 3.63. The van der Waals surface area contributed by atoms with Gasteiger partial charge in [0.1, 0.15) is 12.2 Å². The molecule has 1 fully saturated rings. The van der Waals surface area contributed by atoms with Crippen LogP contribution in [0.15, 0.2) is 30.3 Å². The zero-order valence-electron chi connectivity index (χ0n) is 14.0. The Labute approximate surface area is 145 Å². The van der Waals surface area contributed by atoms with E-state index < -0.39 is 42.6 Å². The lowest BCUT2D eigenvalue weighted by atomic mass is 9.98. The van der Waals surface area contributed by atoms with Gasteiger partial charge in [0.2, 0.25) is 0 Å². The lowest BCUT2D eigenvalue weighted by molar-refractivity contribution is -0.295. The minimum Gasteiger partial charge on any atom is -0.455 e. The summed E-state index contributed by atoms with van der Waals surface area (Å²) in [4.78, 5) is 22.4. The molecule has 1 aliphatic heterocycles. The van der Waals surface area contributed by atoms with Gasteiger partial charge in [-0.3, -0.25) is 9.59 Å². The molecule has 0 bridgehead atoms. The maximum Gasteiger partial charge on any atom is 0.303 e. The minimum atomic E-state index is -1.55. The van der Waals surface area contributed by atoms with Crippen LogP contribution in [0, 0.1) is 0 Å². The number of hydrogen-bond acceptors (Lipinski definition) is 8. The summed E-state index contributed by atoms with van der Waals surface area (Å²) in [6, 6.07) is 9.38. The fraction of sp³-hybridized carbons (Fsp3) is 0.529.